The van der Waals surface area contributed by atoms with Crippen LogP contribution in [-0.2, 0) is 11.3 Å². The van der Waals surface area contributed by atoms with E-state index >= 15 is 0 Å². The molecule has 4 aromatic rings. The number of furan rings is 1. The van der Waals surface area contributed by atoms with Crippen molar-refractivity contribution in [1.82, 2.24) is 9.55 Å². The zero-order valence-electron chi connectivity index (χ0n) is 15.3. The SMILES string of the molecule is COc1ccc(NC(=O)Cn2cnc3c(oc4ccccc43)c2=O)c(OC)c1. The summed E-state index contributed by atoms with van der Waals surface area (Å²) in [6.45, 7) is -0.214. The minimum atomic E-state index is -0.418. The Morgan fingerprint density at radius 3 is 2.79 bits per heavy atom. The number of methoxy groups -OCH3 is 2. The molecule has 1 amide bonds. The molecule has 0 aliphatic carbocycles. The van der Waals surface area contributed by atoms with E-state index in [0.29, 0.717) is 28.3 Å². The fraction of sp³-hybridized carbons (Fsp3) is 0.150. The first-order valence-electron chi connectivity index (χ1n) is 8.49. The molecule has 8 heteroatoms. The van der Waals surface area contributed by atoms with Crippen molar-refractivity contribution in [2.75, 3.05) is 19.5 Å². The van der Waals surface area contributed by atoms with Crippen molar-refractivity contribution in [2.24, 2.45) is 0 Å². The van der Waals surface area contributed by atoms with E-state index in [1.54, 1.807) is 31.4 Å². The number of carbonyl (C=O) groups is 1. The molecule has 142 valence electrons. The number of nitrogens with zero attached hydrogens (tertiary/aromatic N) is 2. The molecule has 0 aliphatic rings. The Morgan fingerprint density at radius 2 is 2.00 bits per heavy atom. The maximum atomic E-state index is 12.7. The minimum Gasteiger partial charge on any atom is -0.497 e. The lowest BCUT2D eigenvalue weighted by atomic mass is 10.2. The van der Waals surface area contributed by atoms with Crippen molar-refractivity contribution in [3.63, 3.8) is 0 Å². The van der Waals surface area contributed by atoms with Crippen molar-refractivity contribution < 1.29 is 18.7 Å². The summed E-state index contributed by atoms with van der Waals surface area (Å²) in [4.78, 5) is 29.4. The van der Waals surface area contributed by atoms with Gasteiger partial charge in [0, 0.05) is 11.5 Å². The van der Waals surface area contributed by atoms with Crippen LogP contribution in [0.2, 0.25) is 0 Å². The van der Waals surface area contributed by atoms with Gasteiger partial charge >= 0.3 is 0 Å². The van der Waals surface area contributed by atoms with Gasteiger partial charge in [0.25, 0.3) is 5.56 Å². The topological polar surface area (TPSA) is 95.6 Å². The number of ether oxygens (including phenoxy) is 2. The van der Waals surface area contributed by atoms with E-state index in [9.17, 15) is 9.59 Å². The molecule has 0 atom stereocenters. The van der Waals surface area contributed by atoms with Crippen molar-refractivity contribution in [1.29, 1.82) is 0 Å². The van der Waals surface area contributed by atoms with Gasteiger partial charge in [-0.25, -0.2) is 4.98 Å². The molecule has 4 rings (SSSR count). The van der Waals surface area contributed by atoms with Gasteiger partial charge in [-0.05, 0) is 24.3 Å². The fourth-order valence-electron chi connectivity index (χ4n) is 2.97. The Morgan fingerprint density at radius 1 is 1.18 bits per heavy atom. The molecule has 8 nitrogen and oxygen atoms in total. The second-order valence-corrected chi connectivity index (χ2v) is 6.07. The number of hydrogen-bond acceptors (Lipinski definition) is 6. The predicted molar refractivity (Wildman–Crippen MR) is 104 cm³/mol. The molecule has 28 heavy (non-hydrogen) atoms. The Labute approximate surface area is 159 Å². The molecule has 2 heterocycles. The number of anilines is 1. The molecule has 0 saturated heterocycles. The summed E-state index contributed by atoms with van der Waals surface area (Å²) in [7, 11) is 3.04. The Bertz CT molecular complexity index is 1240. The maximum absolute atomic E-state index is 12.7. The van der Waals surface area contributed by atoms with Crippen LogP contribution in [0.5, 0.6) is 11.5 Å². The highest BCUT2D eigenvalue weighted by Gasteiger charge is 2.15. The number of amides is 1. The van der Waals surface area contributed by atoms with Crippen molar-refractivity contribution >= 4 is 33.7 Å². The van der Waals surface area contributed by atoms with E-state index in [1.807, 2.05) is 18.2 Å². The summed E-state index contributed by atoms with van der Waals surface area (Å²) in [6.07, 6.45) is 1.34. The number of nitrogens with one attached hydrogen (secondary N) is 1. The second-order valence-electron chi connectivity index (χ2n) is 6.07. The normalized spacial score (nSPS) is 10.9. The molecule has 1 N–H and O–H groups in total. The van der Waals surface area contributed by atoms with Gasteiger partial charge < -0.3 is 19.2 Å². The summed E-state index contributed by atoms with van der Waals surface area (Å²) in [5.41, 5.74) is 1.23. The van der Waals surface area contributed by atoms with E-state index in [1.165, 1.54) is 18.0 Å². The van der Waals surface area contributed by atoms with Crippen molar-refractivity contribution in [3.8, 4) is 11.5 Å². The number of hydrogen-bond donors (Lipinski definition) is 1. The largest absolute Gasteiger partial charge is 0.497 e. The van der Waals surface area contributed by atoms with Crippen LogP contribution in [0.4, 0.5) is 5.69 Å². The van der Waals surface area contributed by atoms with Gasteiger partial charge in [-0.1, -0.05) is 12.1 Å². The molecule has 0 spiro atoms. The highest BCUT2D eigenvalue weighted by molar-refractivity contribution is 6.01. The lowest BCUT2D eigenvalue weighted by Crippen LogP contribution is -2.27. The lowest BCUT2D eigenvalue weighted by molar-refractivity contribution is -0.116. The second kappa shape index (κ2) is 7.07. The van der Waals surface area contributed by atoms with Gasteiger partial charge in [0.2, 0.25) is 11.5 Å². The molecule has 0 saturated carbocycles. The molecular formula is C20H17N3O5. The average Bonchev–Trinajstić information content (AvgIpc) is 3.10. The fourth-order valence-corrected chi connectivity index (χ4v) is 2.97. The Balaban J connectivity index is 1.61. The Hall–Kier alpha value is -3.81. The van der Waals surface area contributed by atoms with E-state index in [2.05, 4.69) is 10.3 Å². The molecule has 0 bridgehead atoms. The average molecular weight is 379 g/mol. The van der Waals surface area contributed by atoms with Crippen molar-refractivity contribution in [3.05, 3.63) is 59.1 Å². The molecule has 2 aromatic heterocycles. The van der Waals surface area contributed by atoms with E-state index in [0.717, 1.165) is 5.39 Å². The summed E-state index contributed by atoms with van der Waals surface area (Å²) < 4.78 is 17.2. The van der Waals surface area contributed by atoms with Gasteiger partial charge in [-0.3, -0.25) is 14.2 Å². The summed E-state index contributed by atoms with van der Waals surface area (Å²) in [6, 6.07) is 12.3. The minimum absolute atomic E-state index is 0.124. The first-order chi connectivity index (χ1) is 13.6. The molecule has 0 unspecified atom stereocenters. The maximum Gasteiger partial charge on any atom is 0.297 e. The summed E-state index contributed by atoms with van der Waals surface area (Å²) in [5.74, 6) is 0.652. The zero-order chi connectivity index (χ0) is 19.7. The van der Waals surface area contributed by atoms with Gasteiger partial charge in [0.05, 0.1) is 26.2 Å². The standard InChI is InChI=1S/C20H17N3O5/c1-26-12-7-8-14(16(9-12)27-2)22-17(24)10-23-11-21-18-13-5-3-4-6-15(13)28-19(18)20(23)25/h3-9,11H,10H2,1-2H3,(H,22,24). The van der Waals surface area contributed by atoms with Crippen LogP contribution in [0, 0.1) is 0 Å². The lowest BCUT2D eigenvalue weighted by Gasteiger charge is -2.12. The number of carbonyl (C=O) groups excluding carboxylic acids is 1. The zero-order valence-corrected chi connectivity index (χ0v) is 15.3. The third-order valence-corrected chi connectivity index (χ3v) is 4.35. The first kappa shape index (κ1) is 17.6. The molecule has 0 aliphatic heterocycles. The Kier molecular flexibility index (Phi) is 4.44. The monoisotopic (exact) mass is 379 g/mol. The van der Waals surface area contributed by atoms with Gasteiger partial charge in [-0.15, -0.1) is 0 Å². The number of fused-ring (bicyclic) bond motifs is 3. The van der Waals surface area contributed by atoms with Crippen LogP contribution in [0.25, 0.3) is 22.1 Å². The van der Waals surface area contributed by atoms with E-state index < -0.39 is 11.5 Å². The molecule has 0 radical (unpaired) electrons. The predicted octanol–water partition coefficient (Wildman–Crippen LogP) is 2.80. The highest BCUT2D eigenvalue weighted by Crippen LogP contribution is 2.29. The summed E-state index contributed by atoms with van der Waals surface area (Å²) in [5, 5.41) is 3.48. The van der Waals surface area contributed by atoms with Crippen LogP contribution in [0.3, 0.4) is 0 Å². The van der Waals surface area contributed by atoms with Gasteiger partial charge in [-0.2, -0.15) is 0 Å². The highest BCUT2D eigenvalue weighted by atomic mass is 16.5. The van der Waals surface area contributed by atoms with Gasteiger partial charge in [0.15, 0.2) is 0 Å². The van der Waals surface area contributed by atoms with E-state index in [-0.39, 0.29) is 12.1 Å². The number of benzene rings is 2. The summed E-state index contributed by atoms with van der Waals surface area (Å²) >= 11 is 0. The number of aromatic nitrogens is 2. The van der Waals surface area contributed by atoms with E-state index in [4.69, 9.17) is 13.9 Å². The first-order valence-corrected chi connectivity index (χ1v) is 8.49. The van der Waals surface area contributed by atoms with Gasteiger partial charge in [0.1, 0.15) is 29.1 Å². The van der Waals surface area contributed by atoms with Crippen LogP contribution in [0.1, 0.15) is 0 Å². The quantitative estimate of drug-likeness (QED) is 0.573. The smallest absolute Gasteiger partial charge is 0.297 e. The molecular weight excluding hydrogens is 362 g/mol. The number of para-hydroxylation sites is 1. The van der Waals surface area contributed by atoms with Crippen LogP contribution in [-0.4, -0.2) is 29.7 Å². The van der Waals surface area contributed by atoms with Crippen molar-refractivity contribution in [2.45, 2.75) is 6.54 Å². The molecule has 2 aromatic carbocycles. The van der Waals surface area contributed by atoms with Crippen LogP contribution >= 0.6 is 0 Å². The van der Waals surface area contributed by atoms with Crippen LogP contribution in [0.15, 0.2) is 58.0 Å². The molecule has 0 fully saturated rings. The third kappa shape index (κ3) is 3.05. The number of rotatable bonds is 5. The third-order valence-electron chi connectivity index (χ3n) is 4.35. The van der Waals surface area contributed by atoms with Crippen LogP contribution < -0.4 is 20.3 Å².